The van der Waals surface area contributed by atoms with Gasteiger partial charge >= 0.3 is 0 Å². The van der Waals surface area contributed by atoms with Crippen molar-refractivity contribution in [1.29, 1.82) is 0 Å². The maximum atomic E-state index is 11.7. The van der Waals surface area contributed by atoms with Gasteiger partial charge in [-0.15, -0.1) is 0 Å². The van der Waals surface area contributed by atoms with Crippen LogP contribution < -0.4 is 11.1 Å². The number of hydrogen-bond donors (Lipinski definition) is 3. The van der Waals surface area contributed by atoms with Crippen molar-refractivity contribution >= 4 is 11.7 Å². The van der Waals surface area contributed by atoms with Crippen molar-refractivity contribution < 1.29 is 10.0 Å². The average molecular weight is 249 g/mol. The summed E-state index contributed by atoms with van der Waals surface area (Å²) >= 11 is 0. The number of amidine groups is 1. The molecule has 1 rings (SSSR count). The maximum absolute atomic E-state index is 11.7. The molecule has 0 bridgehead atoms. The third-order valence-corrected chi connectivity index (χ3v) is 2.54. The molecule has 0 heterocycles. The number of rotatable bonds is 5. The zero-order valence-electron chi connectivity index (χ0n) is 10.7. The second kappa shape index (κ2) is 6.64. The quantitative estimate of drug-likeness (QED) is 0.317. The van der Waals surface area contributed by atoms with E-state index in [-0.39, 0.29) is 17.8 Å². The molecule has 0 spiro atoms. The first kappa shape index (κ1) is 14.0. The summed E-state index contributed by atoms with van der Waals surface area (Å²) < 4.78 is 0. The van der Waals surface area contributed by atoms with Crippen LogP contribution in [0.2, 0.25) is 0 Å². The monoisotopic (exact) mass is 249 g/mol. The second-order valence-corrected chi connectivity index (χ2v) is 4.43. The van der Waals surface area contributed by atoms with Gasteiger partial charge in [-0.3, -0.25) is 4.79 Å². The molecular weight excluding hydrogens is 230 g/mol. The van der Waals surface area contributed by atoms with E-state index in [9.17, 15) is 4.79 Å². The summed E-state index contributed by atoms with van der Waals surface area (Å²) in [6, 6.07) is 7.66. The minimum absolute atomic E-state index is 0.0721. The molecule has 18 heavy (non-hydrogen) atoms. The van der Waals surface area contributed by atoms with Gasteiger partial charge in [0.25, 0.3) is 0 Å². The smallest absolute Gasteiger partial charge is 0.224 e. The molecule has 0 aliphatic heterocycles. The van der Waals surface area contributed by atoms with Gasteiger partial charge in [-0.05, 0) is 19.4 Å². The van der Waals surface area contributed by atoms with Crippen LogP contribution >= 0.6 is 0 Å². The molecule has 1 amide bonds. The summed E-state index contributed by atoms with van der Waals surface area (Å²) in [7, 11) is 0. The predicted octanol–water partition coefficient (Wildman–Crippen LogP) is 1.18. The minimum atomic E-state index is -0.154. The SMILES string of the molecule is Cc1ccc(CC(=O)NC(C)CC(N)=NO)cc1. The van der Waals surface area contributed by atoms with E-state index in [1.165, 1.54) is 5.56 Å². The van der Waals surface area contributed by atoms with Crippen molar-refractivity contribution in [3.05, 3.63) is 35.4 Å². The summed E-state index contributed by atoms with van der Waals surface area (Å²) in [5, 5.41) is 14.1. The molecule has 0 fully saturated rings. The average Bonchev–Trinajstić information content (AvgIpc) is 2.31. The first-order valence-electron chi connectivity index (χ1n) is 5.82. The van der Waals surface area contributed by atoms with Crippen LogP contribution in [0.15, 0.2) is 29.4 Å². The van der Waals surface area contributed by atoms with Crippen LogP contribution in [0.4, 0.5) is 0 Å². The van der Waals surface area contributed by atoms with Gasteiger partial charge in [0.2, 0.25) is 5.91 Å². The number of nitrogens with one attached hydrogen (secondary N) is 1. The van der Waals surface area contributed by atoms with Gasteiger partial charge in [0, 0.05) is 12.5 Å². The number of amides is 1. The highest BCUT2D eigenvalue weighted by molar-refractivity contribution is 5.82. The van der Waals surface area contributed by atoms with Crippen molar-refractivity contribution in [2.45, 2.75) is 32.7 Å². The van der Waals surface area contributed by atoms with Crippen molar-refractivity contribution in [3.8, 4) is 0 Å². The number of hydrogen-bond acceptors (Lipinski definition) is 3. The Morgan fingerprint density at radius 2 is 2.06 bits per heavy atom. The fourth-order valence-corrected chi connectivity index (χ4v) is 1.62. The number of nitrogens with two attached hydrogens (primary N) is 1. The van der Waals surface area contributed by atoms with E-state index in [0.717, 1.165) is 5.56 Å². The molecule has 1 atom stereocenters. The molecular formula is C13H19N3O2. The minimum Gasteiger partial charge on any atom is -0.409 e. The van der Waals surface area contributed by atoms with Crippen LogP contribution in [0.25, 0.3) is 0 Å². The zero-order chi connectivity index (χ0) is 13.5. The standard InChI is InChI=1S/C13H19N3O2/c1-9-3-5-11(6-4-9)8-13(17)15-10(2)7-12(14)16-18/h3-6,10,18H,7-8H2,1-2H3,(H2,14,16)(H,15,17). The van der Waals surface area contributed by atoms with Crippen LogP contribution in [0.1, 0.15) is 24.5 Å². The van der Waals surface area contributed by atoms with Crippen LogP contribution in [0.5, 0.6) is 0 Å². The van der Waals surface area contributed by atoms with E-state index in [2.05, 4.69) is 10.5 Å². The lowest BCUT2D eigenvalue weighted by Gasteiger charge is -2.12. The Balaban J connectivity index is 2.44. The van der Waals surface area contributed by atoms with Crippen LogP contribution in [0, 0.1) is 6.92 Å². The lowest BCUT2D eigenvalue weighted by atomic mass is 10.1. The first-order valence-corrected chi connectivity index (χ1v) is 5.82. The third-order valence-electron chi connectivity index (χ3n) is 2.54. The van der Waals surface area contributed by atoms with E-state index >= 15 is 0 Å². The summed E-state index contributed by atoms with van der Waals surface area (Å²) in [5.41, 5.74) is 7.50. The molecule has 1 unspecified atom stereocenters. The van der Waals surface area contributed by atoms with E-state index in [0.29, 0.717) is 12.8 Å². The van der Waals surface area contributed by atoms with Gasteiger partial charge in [0.15, 0.2) is 0 Å². The van der Waals surface area contributed by atoms with Gasteiger partial charge in [-0.1, -0.05) is 35.0 Å². The largest absolute Gasteiger partial charge is 0.409 e. The Kier molecular flexibility index (Phi) is 5.17. The highest BCUT2D eigenvalue weighted by Gasteiger charge is 2.09. The number of benzene rings is 1. The first-order chi connectivity index (χ1) is 8.51. The summed E-state index contributed by atoms with van der Waals surface area (Å²) in [6.07, 6.45) is 0.664. The molecule has 1 aromatic rings. The van der Waals surface area contributed by atoms with Gasteiger partial charge in [-0.25, -0.2) is 0 Å². The van der Waals surface area contributed by atoms with Gasteiger partial charge in [-0.2, -0.15) is 0 Å². The zero-order valence-corrected chi connectivity index (χ0v) is 10.7. The molecule has 1 aromatic carbocycles. The van der Waals surface area contributed by atoms with E-state index in [1.807, 2.05) is 38.1 Å². The molecule has 0 aliphatic rings. The van der Waals surface area contributed by atoms with Crippen molar-refractivity contribution in [1.82, 2.24) is 5.32 Å². The fraction of sp³-hybridized carbons (Fsp3) is 0.385. The Hall–Kier alpha value is -2.04. The summed E-state index contributed by atoms with van der Waals surface area (Å²) in [6.45, 7) is 3.81. The Labute approximate surface area is 107 Å². The highest BCUT2D eigenvalue weighted by atomic mass is 16.4. The number of oxime groups is 1. The van der Waals surface area contributed by atoms with Crippen LogP contribution in [-0.4, -0.2) is 23.0 Å². The number of carbonyl (C=O) groups is 1. The molecule has 0 saturated heterocycles. The number of carbonyl (C=O) groups excluding carboxylic acids is 1. The maximum Gasteiger partial charge on any atom is 0.224 e. The van der Waals surface area contributed by atoms with E-state index in [1.54, 1.807) is 0 Å². The molecule has 0 radical (unpaired) electrons. The van der Waals surface area contributed by atoms with Gasteiger partial charge in [0.1, 0.15) is 5.84 Å². The molecule has 5 nitrogen and oxygen atoms in total. The van der Waals surface area contributed by atoms with E-state index < -0.39 is 0 Å². The number of aryl methyl sites for hydroxylation is 1. The Bertz CT molecular complexity index is 426. The molecule has 0 aromatic heterocycles. The van der Waals surface area contributed by atoms with Gasteiger partial charge < -0.3 is 16.3 Å². The van der Waals surface area contributed by atoms with Crippen molar-refractivity contribution in [2.75, 3.05) is 0 Å². The van der Waals surface area contributed by atoms with E-state index in [4.69, 9.17) is 10.9 Å². The highest BCUT2D eigenvalue weighted by Crippen LogP contribution is 2.04. The third kappa shape index (κ3) is 4.86. The summed E-state index contributed by atoms with van der Waals surface area (Å²) in [4.78, 5) is 11.7. The van der Waals surface area contributed by atoms with Crippen LogP contribution in [-0.2, 0) is 11.2 Å². The Morgan fingerprint density at radius 1 is 1.44 bits per heavy atom. The lowest BCUT2D eigenvalue weighted by molar-refractivity contribution is -0.121. The van der Waals surface area contributed by atoms with Crippen molar-refractivity contribution in [3.63, 3.8) is 0 Å². The Morgan fingerprint density at radius 3 is 2.61 bits per heavy atom. The predicted molar refractivity (Wildman–Crippen MR) is 70.5 cm³/mol. The van der Waals surface area contributed by atoms with Crippen molar-refractivity contribution in [2.24, 2.45) is 10.9 Å². The summed E-state index contributed by atoms with van der Waals surface area (Å²) in [5.74, 6) is 0.0372. The molecule has 98 valence electrons. The lowest BCUT2D eigenvalue weighted by Crippen LogP contribution is -2.36. The fourth-order valence-electron chi connectivity index (χ4n) is 1.62. The molecule has 0 aliphatic carbocycles. The van der Waals surface area contributed by atoms with Crippen LogP contribution in [0.3, 0.4) is 0 Å². The molecule has 4 N–H and O–H groups in total. The molecule has 5 heteroatoms. The number of nitrogens with zero attached hydrogens (tertiary/aromatic N) is 1. The molecule has 0 saturated carbocycles. The topological polar surface area (TPSA) is 87.7 Å². The second-order valence-electron chi connectivity index (χ2n) is 4.43. The normalized spacial score (nSPS) is 13.1. The van der Waals surface area contributed by atoms with Gasteiger partial charge in [0.05, 0.1) is 6.42 Å².